The molecule has 9 nitrogen and oxygen atoms in total. The molecule has 0 radical (unpaired) electrons. The lowest BCUT2D eigenvalue weighted by atomic mass is 9.88. The van der Waals surface area contributed by atoms with E-state index in [-0.39, 0.29) is 23.9 Å². The van der Waals surface area contributed by atoms with Gasteiger partial charge in [-0.1, -0.05) is 6.92 Å². The van der Waals surface area contributed by atoms with E-state index in [1.165, 1.54) is 23.3 Å². The topological polar surface area (TPSA) is 102 Å². The molecule has 4 rings (SSSR count). The fourth-order valence-electron chi connectivity index (χ4n) is 4.05. The van der Waals surface area contributed by atoms with Crippen LogP contribution in [0.25, 0.3) is 11.4 Å². The van der Waals surface area contributed by atoms with Crippen molar-refractivity contribution in [2.45, 2.75) is 31.5 Å². The van der Waals surface area contributed by atoms with Crippen molar-refractivity contribution in [1.82, 2.24) is 34.8 Å². The molecular weight excluding hydrogens is 475 g/mol. The Labute approximate surface area is 196 Å². The molecular formula is C21H21F5N8O. The lowest BCUT2D eigenvalue weighted by Crippen LogP contribution is -2.57. The highest BCUT2D eigenvalue weighted by Gasteiger charge is 2.47. The SMILES string of the molecule is C[C@@H]1CC(F)(F)CN(C(=O)c2nn(C)cc2-c2ncccn2)C1CNc1ccc(C(F)(F)F)nn1. The number of alkyl halides is 5. The van der Waals surface area contributed by atoms with Crippen molar-refractivity contribution in [3.8, 4) is 11.4 Å². The second-order valence-electron chi connectivity index (χ2n) is 8.36. The van der Waals surface area contributed by atoms with Gasteiger partial charge in [-0.25, -0.2) is 18.7 Å². The average Bonchev–Trinajstić information content (AvgIpc) is 3.19. The summed E-state index contributed by atoms with van der Waals surface area (Å²) in [5.74, 6) is -4.26. The number of nitrogens with zero attached hydrogens (tertiary/aromatic N) is 7. The van der Waals surface area contributed by atoms with Crippen LogP contribution in [-0.2, 0) is 13.2 Å². The average molecular weight is 496 g/mol. The van der Waals surface area contributed by atoms with E-state index in [9.17, 15) is 26.7 Å². The molecule has 1 amide bonds. The summed E-state index contributed by atoms with van der Waals surface area (Å²) in [6.07, 6.45) is -0.601. The first kappa shape index (κ1) is 24.4. The lowest BCUT2D eigenvalue weighted by molar-refractivity contribution is -0.141. The summed E-state index contributed by atoms with van der Waals surface area (Å²) >= 11 is 0. The van der Waals surface area contributed by atoms with Gasteiger partial charge in [0.1, 0.15) is 5.82 Å². The Hall–Kier alpha value is -3.71. The smallest absolute Gasteiger partial charge is 0.367 e. The Kier molecular flexibility index (Phi) is 6.38. The van der Waals surface area contributed by atoms with Crippen LogP contribution in [0.5, 0.6) is 0 Å². The summed E-state index contributed by atoms with van der Waals surface area (Å²) in [4.78, 5) is 22.8. The number of hydrogen-bond donors (Lipinski definition) is 1. The first-order valence-corrected chi connectivity index (χ1v) is 10.6. The molecule has 4 heterocycles. The van der Waals surface area contributed by atoms with Crippen molar-refractivity contribution in [3.63, 3.8) is 0 Å². The predicted octanol–water partition coefficient (Wildman–Crippen LogP) is 3.28. The zero-order chi connectivity index (χ0) is 25.4. The van der Waals surface area contributed by atoms with Gasteiger partial charge in [0, 0.05) is 38.6 Å². The molecule has 3 aromatic rings. The summed E-state index contributed by atoms with van der Waals surface area (Å²) in [6.45, 7) is 0.706. The van der Waals surface area contributed by atoms with E-state index in [2.05, 4.69) is 30.6 Å². The van der Waals surface area contributed by atoms with Crippen LogP contribution < -0.4 is 5.32 Å². The summed E-state index contributed by atoms with van der Waals surface area (Å²) in [5, 5.41) is 13.6. The fourth-order valence-corrected chi connectivity index (χ4v) is 4.05. The quantitative estimate of drug-likeness (QED) is 0.541. The largest absolute Gasteiger partial charge is 0.435 e. The molecule has 1 unspecified atom stereocenters. The van der Waals surface area contributed by atoms with Crippen LogP contribution in [0.4, 0.5) is 27.8 Å². The second-order valence-corrected chi connectivity index (χ2v) is 8.36. The Balaban J connectivity index is 1.60. The summed E-state index contributed by atoms with van der Waals surface area (Å²) in [7, 11) is 1.58. The Bertz CT molecular complexity index is 1180. The van der Waals surface area contributed by atoms with Crippen LogP contribution in [0, 0.1) is 5.92 Å². The van der Waals surface area contributed by atoms with Crippen molar-refractivity contribution in [2.75, 3.05) is 18.4 Å². The van der Waals surface area contributed by atoms with E-state index in [4.69, 9.17) is 0 Å². The maximum atomic E-state index is 14.5. The minimum atomic E-state index is -4.64. The van der Waals surface area contributed by atoms with Gasteiger partial charge in [0.15, 0.2) is 17.2 Å². The predicted molar refractivity (Wildman–Crippen MR) is 113 cm³/mol. The van der Waals surface area contributed by atoms with Gasteiger partial charge in [0.2, 0.25) is 0 Å². The number of aryl methyl sites for hydroxylation is 1. The van der Waals surface area contributed by atoms with Gasteiger partial charge in [-0.2, -0.15) is 18.3 Å². The molecule has 1 fully saturated rings. The number of piperidine rings is 1. The van der Waals surface area contributed by atoms with Crippen molar-refractivity contribution in [1.29, 1.82) is 0 Å². The van der Waals surface area contributed by atoms with E-state index in [1.807, 2.05) is 0 Å². The molecule has 186 valence electrons. The molecule has 14 heteroatoms. The Morgan fingerprint density at radius 2 is 1.91 bits per heavy atom. The van der Waals surface area contributed by atoms with Crippen LogP contribution in [0.3, 0.4) is 0 Å². The van der Waals surface area contributed by atoms with E-state index in [1.54, 1.807) is 20.0 Å². The van der Waals surface area contributed by atoms with Crippen LogP contribution in [0.15, 0.2) is 36.8 Å². The number of likely N-dealkylation sites (tertiary alicyclic amines) is 1. The van der Waals surface area contributed by atoms with Gasteiger partial charge >= 0.3 is 6.18 Å². The van der Waals surface area contributed by atoms with Gasteiger partial charge < -0.3 is 10.2 Å². The molecule has 3 aromatic heterocycles. The van der Waals surface area contributed by atoms with Gasteiger partial charge in [-0.15, -0.1) is 10.2 Å². The fraction of sp³-hybridized carbons (Fsp3) is 0.429. The van der Waals surface area contributed by atoms with Gasteiger partial charge in [0.25, 0.3) is 11.8 Å². The number of rotatable bonds is 5. The molecule has 0 saturated carbocycles. The molecule has 1 aliphatic rings. The summed E-state index contributed by atoms with van der Waals surface area (Å²) in [5.41, 5.74) is -0.945. The Morgan fingerprint density at radius 3 is 2.54 bits per heavy atom. The highest BCUT2D eigenvalue weighted by molar-refractivity contribution is 5.98. The highest BCUT2D eigenvalue weighted by Crippen LogP contribution is 2.36. The third-order valence-electron chi connectivity index (χ3n) is 5.63. The molecule has 0 bridgehead atoms. The number of carbonyl (C=O) groups is 1. The van der Waals surface area contributed by atoms with Gasteiger partial charge in [0.05, 0.1) is 18.2 Å². The molecule has 1 N–H and O–H groups in total. The third kappa shape index (κ3) is 5.35. The number of halogens is 5. The molecule has 0 aliphatic carbocycles. The molecule has 35 heavy (non-hydrogen) atoms. The number of hydrogen-bond acceptors (Lipinski definition) is 7. The molecule has 1 aliphatic heterocycles. The monoisotopic (exact) mass is 496 g/mol. The number of nitrogens with one attached hydrogen (secondary N) is 1. The first-order chi connectivity index (χ1) is 16.4. The van der Waals surface area contributed by atoms with Crippen LogP contribution in [-0.4, -0.2) is 65.8 Å². The minimum Gasteiger partial charge on any atom is -0.367 e. The maximum absolute atomic E-state index is 14.5. The molecule has 0 spiro atoms. The second kappa shape index (κ2) is 9.15. The van der Waals surface area contributed by atoms with E-state index < -0.39 is 48.6 Å². The number of aromatic nitrogens is 6. The van der Waals surface area contributed by atoms with Crippen molar-refractivity contribution >= 4 is 11.7 Å². The first-order valence-electron chi connectivity index (χ1n) is 10.6. The molecule has 1 saturated heterocycles. The minimum absolute atomic E-state index is 0.0196. The van der Waals surface area contributed by atoms with E-state index in [0.717, 1.165) is 17.0 Å². The maximum Gasteiger partial charge on any atom is 0.435 e. The number of amides is 1. The highest BCUT2D eigenvalue weighted by atomic mass is 19.4. The number of carbonyl (C=O) groups excluding carboxylic acids is 1. The van der Waals surface area contributed by atoms with Gasteiger partial charge in [-0.05, 0) is 24.1 Å². The zero-order valence-corrected chi connectivity index (χ0v) is 18.7. The third-order valence-corrected chi connectivity index (χ3v) is 5.63. The standard InChI is InChI=1S/C21H21F5N8O/c1-12-8-20(22,23)11-34(14(12)9-29-16-5-4-15(30-31-16)21(24,25)26)19(35)17-13(10-33(2)32-17)18-27-6-3-7-28-18/h3-7,10,12,14H,8-9,11H2,1-2H3,(H,29,31)/t12-,14?/m1/s1. The van der Waals surface area contributed by atoms with Crippen LogP contribution in [0.1, 0.15) is 29.5 Å². The van der Waals surface area contributed by atoms with Crippen molar-refractivity contribution in [2.24, 2.45) is 13.0 Å². The van der Waals surface area contributed by atoms with E-state index >= 15 is 0 Å². The van der Waals surface area contributed by atoms with Crippen molar-refractivity contribution in [3.05, 3.63) is 48.2 Å². The zero-order valence-electron chi connectivity index (χ0n) is 18.7. The lowest BCUT2D eigenvalue weighted by Gasteiger charge is -2.43. The van der Waals surface area contributed by atoms with Crippen LogP contribution >= 0.6 is 0 Å². The number of anilines is 1. The normalized spacial score (nSPS) is 20.0. The van der Waals surface area contributed by atoms with Crippen molar-refractivity contribution < 1.29 is 26.7 Å². The van der Waals surface area contributed by atoms with Crippen LogP contribution in [0.2, 0.25) is 0 Å². The summed E-state index contributed by atoms with van der Waals surface area (Å²) in [6, 6.07) is 2.72. The van der Waals surface area contributed by atoms with E-state index in [0.29, 0.717) is 5.56 Å². The van der Waals surface area contributed by atoms with Gasteiger partial charge in [-0.3, -0.25) is 9.48 Å². The summed E-state index contributed by atoms with van der Waals surface area (Å²) < 4.78 is 68.6. The molecule has 2 atom stereocenters. The Morgan fingerprint density at radius 1 is 1.20 bits per heavy atom. The molecule has 0 aromatic carbocycles.